The van der Waals surface area contributed by atoms with E-state index in [1.807, 2.05) is 18.2 Å². The minimum Gasteiger partial charge on any atom is -0.461 e. The first-order valence-corrected chi connectivity index (χ1v) is 7.22. The van der Waals surface area contributed by atoms with E-state index in [-0.39, 0.29) is 0 Å². The van der Waals surface area contributed by atoms with Gasteiger partial charge in [0.1, 0.15) is 0 Å². The van der Waals surface area contributed by atoms with Crippen LogP contribution in [0.4, 0.5) is 0 Å². The summed E-state index contributed by atoms with van der Waals surface area (Å²) >= 11 is 0. The van der Waals surface area contributed by atoms with Gasteiger partial charge in [0.05, 0.1) is 12.0 Å². The van der Waals surface area contributed by atoms with Crippen molar-refractivity contribution in [1.29, 1.82) is 0 Å². The van der Waals surface area contributed by atoms with Crippen LogP contribution in [0.1, 0.15) is 25.0 Å². The quantitative estimate of drug-likeness (QED) is 0.908. The minimum atomic E-state index is 0.602. The summed E-state index contributed by atoms with van der Waals surface area (Å²) in [4.78, 5) is 2.28. The summed E-state index contributed by atoms with van der Waals surface area (Å²) in [5.41, 5.74) is 0.940. The van der Waals surface area contributed by atoms with Gasteiger partial charge in [-0.15, -0.1) is 0 Å². The molecule has 0 spiro atoms. The van der Waals surface area contributed by atoms with Crippen LogP contribution in [0.3, 0.4) is 0 Å². The molecule has 1 fully saturated rings. The van der Waals surface area contributed by atoms with Crippen molar-refractivity contribution in [3.05, 3.63) is 30.2 Å². The van der Waals surface area contributed by atoms with Crippen LogP contribution in [-0.4, -0.2) is 36.2 Å². The van der Waals surface area contributed by atoms with Crippen molar-refractivity contribution in [2.45, 2.75) is 31.8 Å². The molecule has 2 aromatic rings. The fourth-order valence-corrected chi connectivity index (χ4v) is 2.72. The highest BCUT2D eigenvalue weighted by Gasteiger charge is 2.16. The summed E-state index contributed by atoms with van der Waals surface area (Å²) in [5, 5.41) is 7.67. The van der Waals surface area contributed by atoms with Crippen LogP contribution in [0.5, 0.6) is 0 Å². The molecule has 0 amide bonds. The Labute approximate surface area is 118 Å². The van der Waals surface area contributed by atoms with E-state index in [2.05, 4.69) is 22.4 Å². The third-order valence-corrected chi connectivity index (χ3v) is 3.70. The largest absolute Gasteiger partial charge is 0.461 e. The van der Waals surface area contributed by atoms with Crippen molar-refractivity contribution in [2.24, 2.45) is 0 Å². The van der Waals surface area contributed by atoms with Crippen molar-refractivity contribution >= 4 is 0 Å². The lowest BCUT2D eigenvalue weighted by atomic mass is 10.0. The number of hydrogen-bond acceptors (Lipinski definition) is 5. The molecule has 1 aliphatic rings. The van der Waals surface area contributed by atoms with E-state index in [0.717, 1.165) is 31.1 Å². The van der Waals surface area contributed by atoms with Gasteiger partial charge in [-0.2, -0.15) is 0 Å². The molecule has 1 saturated heterocycles. The number of piperidine rings is 1. The van der Waals surface area contributed by atoms with Crippen LogP contribution in [0.25, 0.3) is 11.5 Å². The zero-order chi connectivity index (χ0) is 13.8. The van der Waals surface area contributed by atoms with E-state index < -0.39 is 0 Å². The smallest absolute Gasteiger partial charge is 0.202 e. The van der Waals surface area contributed by atoms with Gasteiger partial charge in [0, 0.05) is 25.2 Å². The lowest BCUT2D eigenvalue weighted by Crippen LogP contribution is -2.42. The number of nitrogens with one attached hydrogen (secondary N) is 1. The Morgan fingerprint density at radius 2 is 2.35 bits per heavy atom. The van der Waals surface area contributed by atoms with E-state index in [4.69, 9.17) is 8.94 Å². The summed E-state index contributed by atoms with van der Waals surface area (Å²) in [6.45, 7) is 2.98. The molecule has 3 rings (SSSR count). The number of furan rings is 1. The third-order valence-electron chi connectivity index (χ3n) is 3.70. The fraction of sp³-hybridized carbons (Fsp3) is 0.533. The van der Waals surface area contributed by atoms with Crippen LogP contribution in [0.15, 0.2) is 33.4 Å². The number of likely N-dealkylation sites (N-methyl/N-ethyl adjacent to an activating group) is 1. The Hall–Kier alpha value is -1.59. The Bertz CT molecular complexity index is 515. The minimum absolute atomic E-state index is 0.602. The lowest BCUT2D eigenvalue weighted by Gasteiger charge is -2.27. The number of rotatable bonds is 5. The zero-order valence-corrected chi connectivity index (χ0v) is 11.8. The number of nitrogens with zero attached hydrogens (tertiary/aromatic N) is 2. The molecule has 5 heteroatoms. The second kappa shape index (κ2) is 6.24. The van der Waals surface area contributed by atoms with Gasteiger partial charge < -0.3 is 14.3 Å². The Balaban J connectivity index is 1.54. The van der Waals surface area contributed by atoms with Crippen molar-refractivity contribution in [3.63, 3.8) is 0 Å². The number of hydrogen-bond donors (Lipinski definition) is 1. The van der Waals surface area contributed by atoms with Crippen LogP contribution in [-0.2, 0) is 6.54 Å². The first-order valence-electron chi connectivity index (χ1n) is 7.22. The molecule has 1 atom stereocenters. The molecular formula is C15H21N3O2. The number of aromatic nitrogens is 1. The summed E-state index contributed by atoms with van der Waals surface area (Å²) in [6, 6.07) is 6.27. The molecule has 5 nitrogen and oxygen atoms in total. The van der Waals surface area contributed by atoms with Crippen LogP contribution < -0.4 is 5.32 Å². The average Bonchev–Trinajstić information content (AvgIpc) is 3.10. The molecular weight excluding hydrogens is 254 g/mol. The van der Waals surface area contributed by atoms with E-state index in [9.17, 15) is 0 Å². The molecule has 20 heavy (non-hydrogen) atoms. The maximum Gasteiger partial charge on any atom is 0.202 e. The van der Waals surface area contributed by atoms with Gasteiger partial charge in [-0.25, -0.2) is 0 Å². The molecule has 0 aromatic carbocycles. The van der Waals surface area contributed by atoms with Gasteiger partial charge in [-0.3, -0.25) is 4.90 Å². The summed E-state index contributed by atoms with van der Waals surface area (Å²) in [6.07, 6.45) is 5.54. The standard InChI is InChI=1S/C15H21N3O2/c1-18(10-12-5-2-3-7-16-12)11-13-9-15(20-17-13)14-6-4-8-19-14/h4,6,8-9,12,16H,2-3,5,7,10-11H2,1H3. The maximum absolute atomic E-state index is 5.31. The molecule has 1 aliphatic heterocycles. The highest BCUT2D eigenvalue weighted by molar-refractivity contribution is 5.49. The first kappa shape index (κ1) is 13.4. The summed E-state index contributed by atoms with van der Waals surface area (Å²) < 4.78 is 10.6. The Morgan fingerprint density at radius 3 is 3.10 bits per heavy atom. The van der Waals surface area contributed by atoms with Gasteiger partial charge in [0.15, 0.2) is 5.76 Å². The molecule has 0 aliphatic carbocycles. The fourth-order valence-electron chi connectivity index (χ4n) is 2.72. The topological polar surface area (TPSA) is 54.4 Å². The van der Waals surface area contributed by atoms with Gasteiger partial charge >= 0.3 is 0 Å². The molecule has 0 bridgehead atoms. The van der Waals surface area contributed by atoms with Crippen molar-refractivity contribution in [3.8, 4) is 11.5 Å². The van der Waals surface area contributed by atoms with E-state index >= 15 is 0 Å². The Kier molecular flexibility index (Phi) is 4.18. The predicted molar refractivity (Wildman–Crippen MR) is 76.2 cm³/mol. The average molecular weight is 275 g/mol. The van der Waals surface area contributed by atoms with E-state index in [1.54, 1.807) is 6.26 Å². The maximum atomic E-state index is 5.31. The molecule has 1 N–H and O–H groups in total. The predicted octanol–water partition coefficient (Wildman–Crippen LogP) is 2.51. The SMILES string of the molecule is CN(Cc1cc(-c2ccco2)on1)CC1CCCCN1. The van der Waals surface area contributed by atoms with E-state index in [1.165, 1.54) is 19.3 Å². The zero-order valence-electron chi connectivity index (χ0n) is 11.8. The highest BCUT2D eigenvalue weighted by atomic mass is 16.5. The summed E-state index contributed by atoms with van der Waals surface area (Å²) in [7, 11) is 2.12. The van der Waals surface area contributed by atoms with Crippen LogP contribution in [0.2, 0.25) is 0 Å². The highest BCUT2D eigenvalue weighted by Crippen LogP contribution is 2.21. The normalized spacial score (nSPS) is 19.6. The molecule has 1 unspecified atom stereocenters. The van der Waals surface area contributed by atoms with Crippen LogP contribution >= 0.6 is 0 Å². The molecule has 108 valence electrons. The van der Waals surface area contributed by atoms with Crippen molar-refractivity contribution in [2.75, 3.05) is 20.1 Å². The Morgan fingerprint density at radius 1 is 1.40 bits per heavy atom. The molecule has 2 aromatic heterocycles. The molecule has 3 heterocycles. The van der Waals surface area contributed by atoms with Gasteiger partial charge in [0.25, 0.3) is 0 Å². The van der Waals surface area contributed by atoms with Crippen LogP contribution in [0, 0.1) is 0 Å². The molecule has 0 radical (unpaired) electrons. The van der Waals surface area contributed by atoms with Gasteiger partial charge in [-0.05, 0) is 38.6 Å². The van der Waals surface area contributed by atoms with Crippen molar-refractivity contribution < 1.29 is 8.94 Å². The monoisotopic (exact) mass is 275 g/mol. The second-order valence-corrected chi connectivity index (χ2v) is 5.50. The molecule has 0 saturated carbocycles. The summed E-state index contributed by atoms with van der Waals surface area (Å²) in [5.74, 6) is 1.41. The van der Waals surface area contributed by atoms with Gasteiger partial charge in [0.2, 0.25) is 5.76 Å². The van der Waals surface area contributed by atoms with E-state index in [0.29, 0.717) is 11.8 Å². The lowest BCUT2D eigenvalue weighted by molar-refractivity contribution is 0.250. The third kappa shape index (κ3) is 3.29. The van der Waals surface area contributed by atoms with Gasteiger partial charge in [-0.1, -0.05) is 11.6 Å². The first-order chi connectivity index (χ1) is 9.81. The van der Waals surface area contributed by atoms with Crippen molar-refractivity contribution in [1.82, 2.24) is 15.4 Å². The second-order valence-electron chi connectivity index (χ2n) is 5.50.